The Labute approximate surface area is 162 Å². The molecule has 0 aliphatic heterocycles. The molecule has 0 aromatic rings. The third-order valence-corrected chi connectivity index (χ3v) is 6.58. The second-order valence-corrected chi connectivity index (χ2v) is 8.76. The van der Waals surface area contributed by atoms with Gasteiger partial charge in [0.15, 0.2) is 0 Å². The second-order valence-electron chi connectivity index (χ2n) is 7.08. The van der Waals surface area contributed by atoms with E-state index in [2.05, 4.69) is 13.5 Å². The highest BCUT2D eigenvalue weighted by Crippen LogP contribution is 2.37. The lowest BCUT2D eigenvalue weighted by Gasteiger charge is -2.32. The summed E-state index contributed by atoms with van der Waals surface area (Å²) in [7, 11) is -5.13. The molecule has 27 heavy (non-hydrogen) atoms. The highest BCUT2D eigenvalue weighted by Gasteiger charge is 2.57. The normalized spacial score (nSPS) is 15.0. The first-order valence-electron chi connectivity index (χ1n) is 9.66. The summed E-state index contributed by atoms with van der Waals surface area (Å²) in [5, 5.41) is 18.6. The minimum absolute atomic E-state index is 0.00358. The molecule has 0 bridgehead atoms. The zero-order valence-electron chi connectivity index (χ0n) is 16.2. The summed E-state index contributed by atoms with van der Waals surface area (Å²) in [5.74, 6) is -4.48. The molecule has 0 aromatic carbocycles. The fourth-order valence-electron chi connectivity index (χ4n) is 3.48. The first kappa shape index (κ1) is 25.6. The van der Waals surface area contributed by atoms with Crippen molar-refractivity contribution in [2.24, 2.45) is 5.92 Å². The quantitative estimate of drug-likeness (QED) is 0.187. The monoisotopic (exact) mass is 406 g/mol. The third-order valence-electron chi connectivity index (χ3n) is 5.00. The molecular weight excluding hydrogens is 372 g/mol. The number of hydrogen-bond donors (Lipinski definition) is 3. The van der Waals surface area contributed by atoms with Gasteiger partial charge in [0.05, 0.1) is 6.42 Å². The van der Waals surface area contributed by atoms with E-state index in [1.165, 1.54) is 31.8 Å². The van der Waals surface area contributed by atoms with Crippen LogP contribution in [0.4, 0.5) is 0 Å². The number of carboxylic acids is 2. The second kappa shape index (κ2) is 12.9. The number of carbonyl (C=O) groups is 2. The van der Waals surface area contributed by atoms with E-state index in [4.69, 9.17) is 5.11 Å². The SMILES string of the molecule is C=CCC(CCCCCCCCCCC)C(CC(=O)O)(C(=O)O)S(=O)(=O)O. The Morgan fingerprint density at radius 3 is 1.85 bits per heavy atom. The fraction of sp³-hybridized carbons (Fsp3) is 0.789. The van der Waals surface area contributed by atoms with Gasteiger partial charge in [-0.05, 0) is 18.8 Å². The zero-order valence-corrected chi connectivity index (χ0v) is 17.0. The fourth-order valence-corrected chi connectivity index (χ4v) is 4.64. The van der Waals surface area contributed by atoms with Crippen molar-refractivity contribution in [1.82, 2.24) is 0 Å². The number of unbranched alkanes of at least 4 members (excludes halogenated alkanes) is 8. The first-order chi connectivity index (χ1) is 12.6. The van der Waals surface area contributed by atoms with E-state index in [1.54, 1.807) is 0 Å². The Bertz CT molecular complexity index is 571. The van der Waals surface area contributed by atoms with Gasteiger partial charge in [-0.3, -0.25) is 14.1 Å². The van der Waals surface area contributed by atoms with Crippen LogP contribution < -0.4 is 0 Å². The van der Waals surface area contributed by atoms with Crippen molar-refractivity contribution in [2.75, 3.05) is 0 Å². The van der Waals surface area contributed by atoms with Gasteiger partial charge in [-0.2, -0.15) is 8.42 Å². The van der Waals surface area contributed by atoms with E-state index >= 15 is 0 Å². The zero-order chi connectivity index (χ0) is 20.9. The molecule has 0 saturated heterocycles. The van der Waals surface area contributed by atoms with Crippen LogP contribution in [0.1, 0.15) is 84.0 Å². The molecule has 0 spiro atoms. The van der Waals surface area contributed by atoms with E-state index in [1.807, 2.05) is 0 Å². The Hall–Kier alpha value is -1.41. The molecule has 0 aromatic heterocycles. The molecule has 8 heteroatoms. The number of rotatable bonds is 17. The van der Waals surface area contributed by atoms with E-state index in [0.717, 1.165) is 25.7 Å². The van der Waals surface area contributed by atoms with Crippen molar-refractivity contribution in [3.05, 3.63) is 12.7 Å². The summed E-state index contributed by atoms with van der Waals surface area (Å²) in [6.45, 7) is 5.67. The van der Waals surface area contributed by atoms with Crippen molar-refractivity contribution in [3.63, 3.8) is 0 Å². The Morgan fingerprint density at radius 2 is 1.48 bits per heavy atom. The van der Waals surface area contributed by atoms with Crippen molar-refractivity contribution in [3.8, 4) is 0 Å². The first-order valence-corrected chi connectivity index (χ1v) is 11.1. The molecule has 0 saturated carbocycles. The maximum atomic E-state index is 11.9. The summed E-state index contributed by atoms with van der Waals surface area (Å²) >= 11 is 0. The van der Waals surface area contributed by atoms with Crippen molar-refractivity contribution in [2.45, 2.75) is 88.7 Å². The standard InChI is InChI=1S/C19H34O7S/c1-3-5-6-7-8-9-10-11-12-14-16(13-4-2)19(18(22)23,15-17(20)21)27(24,25)26/h4,16H,2-3,5-15H2,1H3,(H,20,21)(H,22,23)(H,24,25,26). The average molecular weight is 407 g/mol. The van der Waals surface area contributed by atoms with E-state index < -0.39 is 39.1 Å². The average Bonchev–Trinajstić information content (AvgIpc) is 2.55. The maximum absolute atomic E-state index is 11.9. The highest BCUT2D eigenvalue weighted by molar-refractivity contribution is 7.88. The number of aliphatic carboxylic acids is 2. The van der Waals surface area contributed by atoms with Gasteiger partial charge in [-0.15, -0.1) is 6.58 Å². The molecule has 158 valence electrons. The van der Waals surface area contributed by atoms with Crippen LogP contribution in [0, 0.1) is 5.92 Å². The van der Waals surface area contributed by atoms with Gasteiger partial charge in [0.2, 0.25) is 4.75 Å². The van der Waals surface area contributed by atoms with Crippen LogP contribution >= 0.6 is 0 Å². The van der Waals surface area contributed by atoms with E-state index in [9.17, 15) is 27.7 Å². The predicted molar refractivity (Wildman–Crippen MR) is 104 cm³/mol. The van der Waals surface area contributed by atoms with Crippen LogP contribution in [0.15, 0.2) is 12.7 Å². The van der Waals surface area contributed by atoms with Gasteiger partial charge in [0, 0.05) is 0 Å². The van der Waals surface area contributed by atoms with Gasteiger partial charge in [0.1, 0.15) is 0 Å². The third kappa shape index (κ3) is 8.43. The lowest BCUT2D eigenvalue weighted by Crippen LogP contribution is -2.53. The van der Waals surface area contributed by atoms with Crippen LogP contribution in [0.2, 0.25) is 0 Å². The summed E-state index contributed by atoms with van der Waals surface area (Å²) in [6.07, 6.45) is 9.74. The lowest BCUT2D eigenvalue weighted by molar-refractivity contribution is -0.148. The topological polar surface area (TPSA) is 129 Å². The summed E-state index contributed by atoms with van der Waals surface area (Å²) < 4.78 is 30.6. The molecule has 2 atom stereocenters. The Kier molecular flexibility index (Phi) is 12.2. The molecule has 0 radical (unpaired) electrons. The van der Waals surface area contributed by atoms with Crippen LogP contribution in [-0.4, -0.2) is 39.9 Å². The van der Waals surface area contributed by atoms with Gasteiger partial charge in [0.25, 0.3) is 10.1 Å². The van der Waals surface area contributed by atoms with Crippen molar-refractivity contribution < 1.29 is 32.8 Å². The van der Waals surface area contributed by atoms with E-state index in [-0.39, 0.29) is 12.8 Å². The molecule has 7 nitrogen and oxygen atoms in total. The largest absolute Gasteiger partial charge is 0.481 e. The van der Waals surface area contributed by atoms with Crippen LogP contribution in [0.3, 0.4) is 0 Å². The molecule has 0 fully saturated rings. The maximum Gasteiger partial charge on any atom is 0.328 e. The highest BCUT2D eigenvalue weighted by atomic mass is 32.2. The van der Waals surface area contributed by atoms with Gasteiger partial charge in [-0.25, -0.2) is 0 Å². The molecule has 0 rings (SSSR count). The van der Waals surface area contributed by atoms with Gasteiger partial charge >= 0.3 is 11.9 Å². The molecule has 0 heterocycles. The molecule has 0 aliphatic carbocycles. The molecule has 2 unspecified atom stereocenters. The van der Waals surface area contributed by atoms with Crippen molar-refractivity contribution >= 4 is 22.1 Å². The van der Waals surface area contributed by atoms with Gasteiger partial charge < -0.3 is 10.2 Å². The summed E-state index contributed by atoms with van der Waals surface area (Å²) in [5.41, 5.74) is 0. The van der Waals surface area contributed by atoms with Gasteiger partial charge in [-0.1, -0.05) is 70.8 Å². The molecule has 0 amide bonds. The van der Waals surface area contributed by atoms with Crippen LogP contribution in [0.25, 0.3) is 0 Å². The minimum Gasteiger partial charge on any atom is -0.481 e. The number of allylic oxidation sites excluding steroid dienone is 1. The number of hydrogen-bond acceptors (Lipinski definition) is 4. The van der Waals surface area contributed by atoms with E-state index in [0.29, 0.717) is 6.42 Å². The predicted octanol–water partition coefficient (Wildman–Crippen LogP) is 4.29. The molecular formula is C19H34O7S. The molecule has 0 aliphatic rings. The minimum atomic E-state index is -5.13. The number of carboxylic acid groups (broad SMARTS) is 2. The Morgan fingerprint density at radius 1 is 1.00 bits per heavy atom. The van der Waals surface area contributed by atoms with Crippen LogP contribution in [-0.2, 0) is 19.7 Å². The van der Waals surface area contributed by atoms with Crippen molar-refractivity contribution in [1.29, 1.82) is 0 Å². The lowest BCUT2D eigenvalue weighted by atomic mass is 9.82. The van der Waals surface area contributed by atoms with Crippen LogP contribution in [0.5, 0.6) is 0 Å². The molecule has 3 N–H and O–H groups in total. The summed E-state index contributed by atoms with van der Waals surface area (Å²) in [6, 6.07) is 0. The summed E-state index contributed by atoms with van der Waals surface area (Å²) in [4.78, 5) is 22.9. The Balaban J connectivity index is 4.91. The smallest absolute Gasteiger partial charge is 0.328 e.